The molecule has 2 heterocycles. The first-order chi connectivity index (χ1) is 10.3. The van der Waals surface area contributed by atoms with Gasteiger partial charge in [-0.15, -0.1) is 10.2 Å². The van der Waals surface area contributed by atoms with Crippen LogP contribution in [0.5, 0.6) is 0 Å². The van der Waals surface area contributed by atoms with E-state index in [4.69, 9.17) is 11.6 Å². The van der Waals surface area contributed by atoms with Crippen molar-refractivity contribution in [3.05, 3.63) is 65.1 Å². The zero-order valence-corrected chi connectivity index (χ0v) is 12.6. The van der Waals surface area contributed by atoms with E-state index in [1.807, 2.05) is 47.0 Å². The normalized spacial score (nSPS) is 12.7. The summed E-state index contributed by atoms with van der Waals surface area (Å²) < 4.78 is 2.00. The molecule has 1 atom stereocenters. The van der Waals surface area contributed by atoms with Crippen molar-refractivity contribution in [3.8, 4) is 0 Å². The molecule has 0 aliphatic heterocycles. The highest BCUT2D eigenvalue weighted by molar-refractivity contribution is 6.30. The van der Waals surface area contributed by atoms with Crippen LogP contribution in [0.15, 0.2) is 48.7 Å². The topological polar surface area (TPSA) is 42.2 Å². The summed E-state index contributed by atoms with van der Waals surface area (Å²) in [4.78, 5) is 0. The first-order valence-electron chi connectivity index (χ1n) is 7.05. The first-order valence-corrected chi connectivity index (χ1v) is 7.43. The summed E-state index contributed by atoms with van der Waals surface area (Å²) in [6, 6.07) is 14.1. The van der Waals surface area contributed by atoms with Crippen molar-refractivity contribution in [1.82, 2.24) is 19.9 Å². The standard InChI is InChI=1S/C16H17ClN4/c1-2-14(12-6-5-7-13(17)10-12)18-11-16-20-19-15-8-3-4-9-21(15)16/h3-10,14,18H,2,11H2,1H3/t14-/m0/s1. The van der Waals surface area contributed by atoms with E-state index in [0.29, 0.717) is 6.54 Å². The van der Waals surface area contributed by atoms with Gasteiger partial charge in [0.15, 0.2) is 11.5 Å². The van der Waals surface area contributed by atoms with Crippen molar-refractivity contribution in [2.75, 3.05) is 0 Å². The van der Waals surface area contributed by atoms with E-state index in [9.17, 15) is 0 Å². The average molecular weight is 301 g/mol. The van der Waals surface area contributed by atoms with Gasteiger partial charge in [-0.25, -0.2) is 0 Å². The molecule has 108 valence electrons. The molecule has 21 heavy (non-hydrogen) atoms. The molecule has 5 heteroatoms. The molecule has 0 radical (unpaired) electrons. The molecule has 4 nitrogen and oxygen atoms in total. The molecule has 2 aromatic heterocycles. The Hall–Kier alpha value is -1.91. The maximum atomic E-state index is 6.07. The minimum atomic E-state index is 0.250. The summed E-state index contributed by atoms with van der Waals surface area (Å²) in [6.45, 7) is 2.82. The van der Waals surface area contributed by atoms with Crippen molar-refractivity contribution in [3.63, 3.8) is 0 Å². The summed E-state index contributed by atoms with van der Waals surface area (Å²) in [6.07, 6.45) is 2.96. The monoisotopic (exact) mass is 300 g/mol. The van der Waals surface area contributed by atoms with Crippen LogP contribution in [-0.2, 0) is 6.54 Å². The van der Waals surface area contributed by atoms with Crippen molar-refractivity contribution in [2.24, 2.45) is 0 Å². The second-order valence-electron chi connectivity index (χ2n) is 4.94. The molecule has 0 saturated heterocycles. The van der Waals surface area contributed by atoms with Gasteiger partial charge in [-0.2, -0.15) is 0 Å². The van der Waals surface area contributed by atoms with Crippen LogP contribution < -0.4 is 5.32 Å². The molecule has 0 aliphatic carbocycles. The Balaban J connectivity index is 1.76. The predicted octanol–water partition coefficient (Wildman–Crippen LogP) is 3.62. The van der Waals surface area contributed by atoms with Crippen LogP contribution in [0.3, 0.4) is 0 Å². The third kappa shape index (κ3) is 3.06. The van der Waals surface area contributed by atoms with Gasteiger partial charge < -0.3 is 5.32 Å². The van der Waals surface area contributed by atoms with Gasteiger partial charge in [-0.1, -0.05) is 36.7 Å². The third-order valence-electron chi connectivity index (χ3n) is 3.55. The second kappa shape index (κ2) is 6.24. The molecule has 0 spiro atoms. The van der Waals surface area contributed by atoms with Crippen LogP contribution in [0.4, 0.5) is 0 Å². The molecular formula is C16H17ClN4. The lowest BCUT2D eigenvalue weighted by Crippen LogP contribution is -2.21. The summed E-state index contributed by atoms with van der Waals surface area (Å²) >= 11 is 6.07. The number of hydrogen-bond donors (Lipinski definition) is 1. The Morgan fingerprint density at radius 3 is 2.90 bits per heavy atom. The van der Waals surface area contributed by atoms with E-state index in [2.05, 4.69) is 28.5 Å². The smallest absolute Gasteiger partial charge is 0.160 e. The summed E-state index contributed by atoms with van der Waals surface area (Å²) in [7, 11) is 0. The van der Waals surface area contributed by atoms with Gasteiger partial charge in [0.1, 0.15) is 0 Å². The van der Waals surface area contributed by atoms with E-state index < -0.39 is 0 Å². The number of hydrogen-bond acceptors (Lipinski definition) is 3. The summed E-state index contributed by atoms with van der Waals surface area (Å²) in [5.74, 6) is 0.908. The molecule has 3 aromatic rings. The van der Waals surface area contributed by atoms with E-state index in [1.165, 1.54) is 5.56 Å². The molecule has 0 bridgehead atoms. The Morgan fingerprint density at radius 1 is 1.19 bits per heavy atom. The lowest BCUT2D eigenvalue weighted by atomic mass is 10.0. The fourth-order valence-electron chi connectivity index (χ4n) is 2.45. The fourth-order valence-corrected chi connectivity index (χ4v) is 2.65. The molecular weight excluding hydrogens is 284 g/mol. The zero-order chi connectivity index (χ0) is 14.7. The Labute approximate surface area is 128 Å². The first kappa shape index (κ1) is 14.0. The number of nitrogens with one attached hydrogen (secondary N) is 1. The van der Waals surface area contributed by atoms with Crippen LogP contribution in [-0.4, -0.2) is 14.6 Å². The number of aromatic nitrogens is 3. The zero-order valence-electron chi connectivity index (χ0n) is 11.8. The quantitative estimate of drug-likeness (QED) is 0.782. The van der Waals surface area contributed by atoms with Gasteiger partial charge in [-0.3, -0.25) is 4.40 Å². The second-order valence-corrected chi connectivity index (χ2v) is 5.38. The Morgan fingerprint density at radius 2 is 2.10 bits per heavy atom. The lowest BCUT2D eigenvalue weighted by molar-refractivity contribution is 0.506. The molecule has 0 unspecified atom stereocenters. The number of benzene rings is 1. The number of rotatable bonds is 5. The molecule has 0 aliphatic rings. The van der Waals surface area contributed by atoms with Crippen LogP contribution in [0.2, 0.25) is 5.02 Å². The maximum absolute atomic E-state index is 6.07. The van der Waals surface area contributed by atoms with E-state index in [1.54, 1.807) is 0 Å². The van der Waals surface area contributed by atoms with Crippen molar-refractivity contribution >= 4 is 17.2 Å². The van der Waals surface area contributed by atoms with Gasteiger partial charge >= 0.3 is 0 Å². The molecule has 0 saturated carbocycles. The van der Waals surface area contributed by atoms with Crippen LogP contribution >= 0.6 is 11.6 Å². The predicted molar refractivity (Wildman–Crippen MR) is 84.3 cm³/mol. The van der Waals surface area contributed by atoms with E-state index in [0.717, 1.165) is 22.9 Å². The average Bonchev–Trinajstić information content (AvgIpc) is 2.91. The molecule has 0 amide bonds. The third-order valence-corrected chi connectivity index (χ3v) is 3.79. The van der Waals surface area contributed by atoms with Crippen LogP contribution in [0.1, 0.15) is 30.8 Å². The molecule has 3 rings (SSSR count). The highest BCUT2D eigenvalue weighted by atomic mass is 35.5. The summed E-state index contributed by atoms with van der Waals surface area (Å²) in [5, 5.41) is 12.7. The minimum Gasteiger partial charge on any atom is -0.303 e. The van der Waals surface area contributed by atoms with Gasteiger partial charge in [0.2, 0.25) is 0 Å². The Kier molecular flexibility index (Phi) is 4.18. The maximum Gasteiger partial charge on any atom is 0.160 e. The number of halogens is 1. The minimum absolute atomic E-state index is 0.250. The van der Waals surface area contributed by atoms with Crippen molar-refractivity contribution < 1.29 is 0 Å². The van der Waals surface area contributed by atoms with Gasteiger partial charge in [-0.05, 0) is 36.2 Å². The summed E-state index contributed by atoms with van der Waals surface area (Å²) in [5.41, 5.74) is 2.06. The highest BCUT2D eigenvalue weighted by Crippen LogP contribution is 2.20. The number of pyridine rings is 1. The molecule has 1 N–H and O–H groups in total. The molecule has 1 aromatic carbocycles. The fraction of sp³-hybridized carbons (Fsp3) is 0.250. The SMILES string of the molecule is CC[C@H](NCc1nnc2ccccn12)c1cccc(Cl)c1. The largest absolute Gasteiger partial charge is 0.303 e. The van der Waals surface area contributed by atoms with Gasteiger partial charge in [0.25, 0.3) is 0 Å². The lowest BCUT2D eigenvalue weighted by Gasteiger charge is -2.17. The van der Waals surface area contributed by atoms with Crippen molar-refractivity contribution in [2.45, 2.75) is 25.9 Å². The van der Waals surface area contributed by atoms with Crippen LogP contribution in [0.25, 0.3) is 5.65 Å². The van der Waals surface area contributed by atoms with Crippen molar-refractivity contribution in [1.29, 1.82) is 0 Å². The van der Waals surface area contributed by atoms with E-state index >= 15 is 0 Å². The number of nitrogens with zero attached hydrogens (tertiary/aromatic N) is 3. The van der Waals surface area contributed by atoms with Gasteiger partial charge in [0.05, 0.1) is 6.54 Å². The van der Waals surface area contributed by atoms with E-state index in [-0.39, 0.29) is 6.04 Å². The Bertz CT molecular complexity index is 738. The van der Waals surface area contributed by atoms with Crippen LogP contribution in [0, 0.1) is 0 Å². The highest BCUT2D eigenvalue weighted by Gasteiger charge is 2.11. The molecule has 0 fully saturated rings. The number of fused-ring (bicyclic) bond motifs is 1. The van der Waals surface area contributed by atoms with Gasteiger partial charge in [0, 0.05) is 17.3 Å².